The van der Waals surface area contributed by atoms with Crippen LogP contribution in [0.5, 0.6) is 5.75 Å². The smallest absolute Gasteiger partial charge is 0.141 e. The van der Waals surface area contributed by atoms with E-state index in [4.69, 9.17) is 16.3 Å². The van der Waals surface area contributed by atoms with Gasteiger partial charge in [-0.2, -0.15) is 0 Å². The molecule has 106 valence electrons. The predicted octanol–water partition coefficient (Wildman–Crippen LogP) is 6.00. The van der Waals surface area contributed by atoms with Gasteiger partial charge in [-0.3, -0.25) is 0 Å². The van der Waals surface area contributed by atoms with E-state index in [2.05, 4.69) is 31.9 Å². The Labute approximate surface area is 139 Å². The van der Waals surface area contributed by atoms with E-state index >= 15 is 0 Å². The summed E-state index contributed by atoms with van der Waals surface area (Å²) in [7, 11) is 1.50. The van der Waals surface area contributed by atoms with Crippen molar-refractivity contribution >= 4 is 43.5 Å². The average molecular weight is 423 g/mol. The van der Waals surface area contributed by atoms with Crippen LogP contribution >= 0.6 is 43.5 Å². The molecule has 0 fully saturated rings. The molecular formula is C15H12Br2ClFO. The second-order valence-electron chi connectivity index (χ2n) is 4.38. The average Bonchev–Trinajstić information content (AvgIpc) is 2.43. The number of halogens is 4. The fourth-order valence-corrected chi connectivity index (χ4v) is 2.93. The molecular weight excluding hydrogens is 410 g/mol. The molecule has 1 nitrogen and oxygen atoms in total. The van der Waals surface area contributed by atoms with Crippen LogP contribution in [0, 0.1) is 12.7 Å². The number of hydrogen-bond acceptors (Lipinski definition) is 1. The van der Waals surface area contributed by atoms with E-state index in [1.54, 1.807) is 6.07 Å². The molecule has 1 atom stereocenters. The van der Waals surface area contributed by atoms with Crippen LogP contribution in [-0.4, -0.2) is 7.11 Å². The van der Waals surface area contributed by atoms with Crippen LogP contribution in [0.15, 0.2) is 39.3 Å². The molecule has 0 heterocycles. The van der Waals surface area contributed by atoms with Gasteiger partial charge in [0.15, 0.2) is 0 Å². The van der Waals surface area contributed by atoms with Crippen LogP contribution in [0.1, 0.15) is 22.1 Å². The van der Waals surface area contributed by atoms with Gasteiger partial charge in [-0.15, -0.1) is 11.6 Å². The normalized spacial score (nSPS) is 12.3. The molecule has 0 aliphatic heterocycles. The lowest BCUT2D eigenvalue weighted by Gasteiger charge is -2.16. The van der Waals surface area contributed by atoms with Crippen LogP contribution in [0.3, 0.4) is 0 Å². The molecule has 2 aromatic rings. The summed E-state index contributed by atoms with van der Waals surface area (Å²) in [5.74, 6) is 0.0574. The first-order chi connectivity index (χ1) is 9.43. The third-order valence-corrected chi connectivity index (χ3v) is 4.98. The summed E-state index contributed by atoms with van der Waals surface area (Å²) in [6.07, 6.45) is 0. The summed E-state index contributed by atoms with van der Waals surface area (Å²) >= 11 is 13.2. The number of rotatable bonds is 3. The maximum absolute atomic E-state index is 13.6. The van der Waals surface area contributed by atoms with Gasteiger partial charge in [0.05, 0.1) is 17.0 Å². The second-order valence-corrected chi connectivity index (χ2v) is 6.52. The Bertz CT molecular complexity index is 646. The van der Waals surface area contributed by atoms with Crippen LogP contribution in [0.25, 0.3) is 0 Å². The van der Waals surface area contributed by atoms with Gasteiger partial charge in [-0.05, 0) is 46.1 Å². The van der Waals surface area contributed by atoms with Crippen molar-refractivity contribution in [1.29, 1.82) is 0 Å². The lowest BCUT2D eigenvalue weighted by molar-refractivity contribution is 0.406. The van der Waals surface area contributed by atoms with E-state index in [0.29, 0.717) is 10.2 Å². The summed E-state index contributed by atoms with van der Waals surface area (Å²) in [6, 6.07) is 8.88. The molecule has 0 aliphatic rings. The number of hydrogen-bond donors (Lipinski definition) is 0. The lowest BCUT2D eigenvalue weighted by Crippen LogP contribution is -1.99. The van der Waals surface area contributed by atoms with Gasteiger partial charge in [0.25, 0.3) is 0 Å². The largest absolute Gasteiger partial charge is 0.496 e. The first-order valence-corrected chi connectivity index (χ1v) is 7.89. The maximum Gasteiger partial charge on any atom is 0.141 e. The van der Waals surface area contributed by atoms with E-state index in [1.165, 1.54) is 13.2 Å². The molecule has 0 radical (unpaired) electrons. The number of methoxy groups -OCH3 is 1. The molecule has 0 aliphatic carbocycles. The third-order valence-electron chi connectivity index (χ3n) is 3.03. The fourth-order valence-electron chi connectivity index (χ4n) is 1.87. The number of ether oxygens (including phenoxy) is 1. The Morgan fingerprint density at radius 2 is 1.85 bits per heavy atom. The van der Waals surface area contributed by atoms with Crippen molar-refractivity contribution in [2.24, 2.45) is 0 Å². The molecule has 2 rings (SSSR count). The topological polar surface area (TPSA) is 9.23 Å². The van der Waals surface area contributed by atoms with Crippen molar-refractivity contribution in [2.45, 2.75) is 12.3 Å². The van der Waals surface area contributed by atoms with Gasteiger partial charge in [-0.25, -0.2) is 4.39 Å². The van der Waals surface area contributed by atoms with Gasteiger partial charge >= 0.3 is 0 Å². The Balaban J connectivity index is 2.49. The van der Waals surface area contributed by atoms with Crippen LogP contribution < -0.4 is 4.74 Å². The number of alkyl halides is 1. The fraction of sp³-hybridized carbons (Fsp3) is 0.200. The zero-order valence-corrected chi connectivity index (χ0v) is 14.8. The van der Waals surface area contributed by atoms with Crippen molar-refractivity contribution in [3.63, 3.8) is 0 Å². The Morgan fingerprint density at radius 1 is 1.15 bits per heavy atom. The van der Waals surface area contributed by atoms with Gasteiger partial charge in [0.2, 0.25) is 0 Å². The zero-order chi connectivity index (χ0) is 14.9. The molecule has 20 heavy (non-hydrogen) atoms. The van der Waals surface area contributed by atoms with E-state index < -0.39 is 5.38 Å². The van der Waals surface area contributed by atoms with Crippen molar-refractivity contribution in [3.05, 3.63) is 61.8 Å². The van der Waals surface area contributed by atoms with E-state index in [9.17, 15) is 4.39 Å². The maximum atomic E-state index is 13.6. The minimum absolute atomic E-state index is 0.366. The highest BCUT2D eigenvalue weighted by atomic mass is 79.9. The Morgan fingerprint density at radius 3 is 2.45 bits per heavy atom. The highest BCUT2D eigenvalue weighted by molar-refractivity contribution is 9.10. The molecule has 0 amide bonds. The van der Waals surface area contributed by atoms with Gasteiger partial charge < -0.3 is 4.74 Å². The molecule has 2 aromatic carbocycles. The van der Waals surface area contributed by atoms with Crippen LogP contribution in [0.4, 0.5) is 4.39 Å². The van der Waals surface area contributed by atoms with Crippen molar-refractivity contribution in [1.82, 2.24) is 0 Å². The number of aryl methyl sites for hydroxylation is 1. The standard InChI is InChI=1S/C15H12Br2ClFO/c1-8-3-4-9(5-11(8)16)15(18)10-6-12(17)13(19)7-14(10)20-2/h3-7,15H,1-2H3. The van der Waals surface area contributed by atoms with Gasteiger partial charge in [0.1, 0.15) is 11.6 Å². The highest BCUT2D eigenvalue weighted by Gasteiger charge is 2.18. The van der Waals surface area contributed by atoms with E-state index in [1.807, 2.05) is 25.1 Å². The molecule has 0 bridgehead atoms. The third kappa shape index (κ3) is 3.18. The van der Waals surface area contributed by atoms with Crippen molar-refractivity contribution in [2.75, 3.05) is 7.11 Å². The SMILES string of the molecule is COc1cc(F)c(Br)cc1C(Cl)c1ccc(C)c(Br)c1. The molecule has 1 unspecified atom stereocenters. The first kappa shape index (κ1) is 15.8. The Hall–Kier alpha value is -0.580. The summed E-state index contributed by atoms with van der Waals surface area (Å²) in [4.78, 5) is 0. The number of benzene rings is 2. The van der Waals surface area contributed by atoms with Crippen molar-refractivity contribution < 1.29 is 9.13 Å². The molecule has 0 saturated carbocycles. The van der Waals surface area contributed by atoms with Gasteiger partial charge in [-0.1, -0.05) is 28.1 Å². The molecule has 0 N–H and O–H groups in total. The monoisotopic (exact) mass is 420 g/mol. The minimum atomic E-state index is -0.418. The summed E-state index contributed by atoms with van der Waals surface area (Å²) in [5.41, 5.74) is 2.77. The van der Waals surface area contributed by atoms with Gasteiger partial charge in [0, 0.05) is 16.1 Å². The highest BCUT2D eigenvalue weighted by Crippen LogP contribution is 2.38. The summed E-state index contributed by atoms with van der Waals surface area (Å²) < 4.78 is 20.1. The Kier molecular flexibility index (Phi) is 5.10. The minimum Gasteiger partial charge on any atom is -0.496 e. The van der Waals surface area contributed by atoms with Crippen LogP contribution in [0.2, 0.25) is 0 Å². The van der Waals surface area contributed by atoms with Crippen LogP contribution in [-0.2, 0) is 0 Å². The predicted molar refractivity (Wildman–Crippen MR) is 87.2 cm³/mol. The first-order valence-electron chi connectivity index (χ1n) is 5.87. The lowest BCUT2D eigenvalue weighted by atomic mass is 10.0. The molecule has 0 saturated heterocycles. The quantitative estimate of drug-likeness (QED) is 0.552. The molecule has 5 heteroatoms. The zero-order valence-electron chi connectivity index (χ0n) is 10.9. The van der Waals surface area contributed by atoms with Crippen molar-refractivity contribution in [3.8, 4) is 5.75 Å². The summed E-state index contributed by atoms with van der Waals surface area (Å²) in [5, 5.41) is -0.418. The summed E-state index contributed by atoms with van der Waals surface area (Å²) in [6.45, 7) is 2.01. The molecule has 0 aromatic heterocycles. The van der Waals surface area contributed by atoms with E-state index in [0.717, 1.165) is 21.2 Å². The second kappa shape index (κ2) is 6.46. The molecule has 0 spiro atoms. The van der Waals surface area contributed by atoms with E-state index in [-0.39, 0.29) is 5.82 Å².